The molecular weight excluding hydrogens is 1490 g/mol. The predicted octanol–water partition coefficient (Wildman–Crippen LogP) is 9.63. The summed E-state index contributed by atoms with van der Waals surface area (Å²) < 4.78 is 49.5. The summed E-state index contributed by atoms with van der Waals surface area (Å²) in [6.45, 7) is 35.9. The van der Waals surface area contributed by atoms with Crippen LogP contribution in [0.4, 0.5) is 13.2 Å². The van der Waals surface area contributed by atoms with Gasteiger partial charge in [0.25, 0.3) is 5.69 Å². The molecular formula is C86H107ClF3N18O5S+. The van der Waals surface area contributed by atoms with E-state index in [-0.39, 0.29) is 69.7 Å². The van der Waals surface area contributed by atoms with Crippen molar-refractivity contribution in [2.45, 2.75) is 130 Å². The fourth-order valence-corrected chi connectivity index (χ4v) is 21.4. The minimum Gasteiger partial charge on any atom is -0.347 e. The van der Waals surface area contributed by atoms with Gasteiger partial charge in [-0.2, -0.15) is 28.5 Å². The number of nitrogens with zero attached hydrogens (tertiary/aromatic N) is 9. The van der Waals surface area contributed by atoms with Gasteiger partial charge in [-0.1, -0.05) is 82.4 Å². The van der Waals surface area contributed by atoms with Gasteiger partial charge in [0, 0.05) is 112 Å². The van der Waals surface area contributed by atoms with Crippen molar-refractivity contribution in [3.05, 3.63) is 171 Å². The van der Waals surface area contributed by atoms with Crippen LogP contribution < -0.4 is 52.4 Å². The molecule has 604 valence electrons. The van der Waals surface area contributed by atoms with Crippen LogP contribution in [0.3, 0.4) is 0 Å². The third kappa shape index (κ3) is 14.8. The number of ketones is 1. The summed E-state index contributed by atoms with van der Waals surface area (Å²) >= 11 is 7.94. The molecule has 5 aliphatic heterocycles. The molecule has 0 spiro atoms. The van der Waals surface area contributed by atoms with Gasteiger partial charge in [0.05, 0.1) is 55.7 Å². The lowest BCUT2D eigenvalue weighted by Crippen LogP contribution is -2.48. The summed E-state index contributed by atoms with van der Waals surface area (Å²) in [5, 5.41) is 47.8. The number of para-hydroxylation sites is 1. The molecule has 114 heavy (non-hydrogen) atoms. The van der Waals surface area contributed by atoms with Crippen LogP contribution in [0, 0.1) is 110 Å². The number of rotatable bonds is 16. The Morgan fingerprint density at radius 3 is 1.58 bits per heavy atom. The van der Waals surface area contributed by atoms with E-state index >= 15 is 0 Å². The maximum atomic E-state index is 13.3. The number of carbonyl (C=O) groups is 5. The topological polar surface area (TPSA) is 267 Å². The first kappa shape index (κ1) is 79.2. The second-order valence-corrected chi connectivity index (χ2v) is 37.7. The van der Waals surface area contributed by atoms with Crippen LogP contribution in [-0.2, 0) is 64.8 Å². The number of aromatic nitrogens is 9. The van der Waals surface area contributed by atoms with E-state index in [1.807, 2.05) is 77.4 Å². The standard InChI is InChI=1S/C19H23N3O.C18H21F3N4O.C18H23N3O.C17H22N4O.C14H17ClN4OS/c1-11-12-6-4-5-7-13(12)18(22-21-11)19(2,3)8-16(23)17-14-9-20-10-15(14)17;1-17(2,23-16(26)13-10-7-22-8-11(10)13)15-9-5-4-6-12(18(19,20)21)14(9)25(3)24-15;1-11-8-14(15-6-4-5-7-21(11)15)18(2,3)20-17(22)16-12-9-19-10-13(12)16;1-10-4-5-13(21-7-6-19-15(10)21)17(2,3)20-16(22)14-11-8-18-9-12(11)14;1-14(2,12-10(15)7-19-18(12)3-4-21-19)17-13(20)11-8-5-16-6-9(8)11/h4-7,14-15,17,20H,8-10H2,1-3H3;4-6,10-11,13,22H,7-8H2,1-3H3,(H,23,26);4-8,12-13,16,19H,9-10H2,1-3H3,(H,20,22);4-7,11-12,14,18H,8-9H2,1-3H3,(H,20,22);3-4,7-9,11,16H,5-6H2,1-2H3/p+1/t14-,15+,17?;10-,11+,13?;12-,13+,16?;11-,12+,14?;8-,9+,11?. The van der Waals surface area contributed by atoms with Crippen molar-refractivity contribution in [3.8, 4) is 0 Å². The fourth-order valence-electron chi connectivity index (χ4n) is 20.2. The van der Waals surface area contributed by atoms with E-state index in [0.717, 1.165) is 116 Å². The smallest absolute Gasteiger partial charge is 0.347 e. The number of imidazole rings is 1. The van der Waals surface area contributed by atoms with E-state index in [1.165, 1.54) is 34.6 Å². The number of aryl methyl sites for hydroxylation is 4. The highest BCUT2D eigenvalue weighted by Gasteiger charge is 2.61. The van der Waals surface area contributed by atoms with E-state index in [0.29, 0.717) is 87.5 Å². The number of carbonyl (C=O) groups excluding carboxylic acids is 5. The molecule has 10 aliphatic rings. The van der Waals surface area contributed by atoms with Gasteiger partial charge in [-0.05, 0) is 237 Å². The third-order valence-electron chi connectivity index (χ3n) is 26.5. The monoisotopic (exact) mass is 1600 g/mol. The zero-order chi connectivity index (χ0) is 80.8. The second kappa shape index (κ2) is 29.5. The molecule has 9 N–H and O–H groups in total. The van der Waals surface area contributed by atoms with Crippen molar-refractivity contribution in [3.63, 3.8) is 0 Å². The van der Waals surface area contributed by atoms with Crippen LogP contribution in [-0.4, -0.2) is 133 Å². The molecule has 10 fully saturated rings. The zero-order valence-electron chi connectivity index (χ0n) is 67.4. The summed E-state index contributed by atoms with van der Waals surface area (Å²) in [6, 6.07) is 24.8. The Hall–Kier alpha value is -8.70. The van der Waals surface area contributed by atoms with Crippen molar-refractivity contribution >= 4 is 85.4 Å². The largest absolute Gasteiger partial charge is 0.418 e. The van der Waals surface area contributed by atoms with Crippen LogP contribution >= 0.6 is 23.1 Å². The lowest BCUT2D eigenvalue weighted by atomic mass is 9.80. The molecule has 13 heterocycles. The lowest BCUT2D eigenvalue weighted by molar-refractivity contribution is -0.619. The number of nitrogens with one attached hydrogen (secondary N) is 9. The number of halogens is 4. The molecule has 5 saturated heterocycles. The number of fused-ring (bicyclic) bond motifs is 10. The van der Waals surface area contributed by atoms with Crippen molar-refractivity contribution < 1.29 is 41.7 Å². The SMILES string of the molecule is CC(C)(NC(=O)C1[C@H]2CNC[C@@H]12)c1c(Cl)cn2scc[n+]12.Cc1cc(C(C)(C)NC(=O)C2[C@H]3CNC[C@@H]23)c2ccccn12.Cc1ccc(C(C)(C)NC(=O)C2[C@H]3CNC[C@@H]23)n2ccnc12.Cc1nnc(C(C)(C)CC(=O)C2[C@H]3CNC[C@@H]23)c2ccccc12.Cn1nc(C(C)(C)NC(=O)C2[C@H]3CNC[C@@H]23)c2cccc(C(F)(F)F)c21. The third-order valence-corrected chi connectivity index (χ3v) is 27.5. The summed E-state index contributed by atoms with van der Waals surface area (Å²) in [4.78, 5) is 67.5. The quantitative estimate of drug-likeness (QED) is 0.0408. The molecule has 5 saturated carbocycles. The highest BCUT2D eigenvalue weighted by atomic mass is 35.5. The number of amides is 4. The number of hydrogen-bond donors (Lipinski definition) is 9. The van der Waals surface area contributed by atoms with Crippen molar-refractivity contribution in [2.24, 2.45) is 95.8 Å². The van der Waals surface area contributed by atoms with Crippen LogP contribution in [0.15, 0.2) is 115 Å². The molecule has 10 aromatic rings. The van der Waals surface area contributed by atoms with Gasteiger partial charge in [-0.3, -0.25) is 28.7 Å². The average molecular weight is 1600 g/mol. The van der Waals surface area contributed by atoms with E-state index in [2.05, 4.69) is 175 Å². The summed E-state index contributed by atoms with van der Waals surface area (Å²) in [7, 11) is 1.50. The Balaban J connectivity index is 0.000000108. The van der Waals surface area contributed by atoms with E-state index in [1.54, 1.807) is 37.6 Å². The van der Waals surface area contributed by atoms with Gasteiger partial charge in [-0.25, -0.2) is 4.98 Å². The Labute approximate surface area is 671 Å². The molecule has 0 bridgehead atoms. The highest BCUT2D eigenvalue weighted by Crippen LogP contribution is 2.54. The first-order valence-corrected chi connectivity index (χ1v) is 41.6. The molecule has 28 heteroatoms. The summed E-state index contributed by atoms with van der Waals surface area (Å²) in [5.41, 5.74) is 6.81. The van der Waals surface area contributed by atoms with Crippen molar-refractivity contribution in [2.75, 3.05) is 65.4 Å². The summed E-state index contributed by atoms with van der Waals surface area (Å²) in [6.07, 6.45) is 5.77. The fraction of sp³-hybridized carbons (Fsp3) is 0.535. The van der Waals surface area contributed by atoms with Crippen LogP contribution in [0.5, 0.6) is 0 Å². The molecule has 5 unspecified atom stereocenters. The molecule has 20 rings (SSSR count). The zero-order valence-corrected chi connectivity index (χ0v) is 69.0. The maximum absolute atomic E-state index is 13.3. The Morgan fingerprint density at radius 2 is 1.04 bits per heavy atom. The van der Waals surface area contributed by atoms with E-state index in [4.69, 9.17) is 11.6 Å². The minimum absolute atomic E-state index is 0.00348. The lowest BCUT2D eigenvalue weighted by Gasteiger charge is -2.28. The van der Waals surface area contributed by atoms with Crippen molar-refractivity contribution in [1.82, 2.24) is 85.5 Å². The van der Waals surface area contributed by atoms with E-state index in [9.17, 15) is 37.1 Å². The number of piperidine rings is 5. The van der Waals surface area contributed by atoms with E-state index < -0.39 is 28.4 Å². The molecule has 0 radical (unpaired) electrons. The Bertz CT molecular complexity index is 5370. The predicted molar refractivity (Wildman–Crippen MR) is 432 cm³/mol. The number of Topliss-reactive ketones (excluding diaryl/α,β-unsaturated/α-hetero) is 1. The summed E-state index contributed by atoms with van der Waals surface area (Å²) in [5.74, 6) is 6.97. The molecule has 2 aromatic carbocycles. The normalized spacial score (nSPS) is 26.6. The van der Waals surface area contributed by atoms with Gasteiger partial charge in [0.1, 0.15) is 28.2 Å². The van der Waals surface area contributed by atoms with Crippen LogP contribution in [0.25, 0.3) is 32.8 Å². The maximum Gasteiger partial charge on any atom is 0.418 e. The number of hydrogen-bond acceptors (Lipinski definition) is 15. The van der Waals surface area contributed by atoms with Gasteiger partial charge in [0.15, 0.2) is 0 Å². The number of alkyl halides is 3. The minimum atomic E-state index is -4.46. The Morgan fingerprint density at radius 1 is 0.544 bits per heavy atom. The number of benzene rings is 2. The highest BCUT2D eigenvalue weighted by molar-refractivity contribution is 7.03. The molecule has 15 atom stereocenters. The van der Waals surface area contributed by atoms with Gasteiger partial charge in [-0.15, -0.1) is 0 Å². The van der Waals surface area contributed by atoms with Gasteiger partial charge >= 0.3 is 6.18 Å². The first-order valence-electron chi connectivity index (χ1n) is 40.3. The first-order chi connectivity index (χ1) is 54.1. The second-order valence-electron chi connectivity index (χ2n) is 36.4. The Kier molecular flexibility index (Phi) is 20.5. The number of pyridine rings is 2. The average Bonchev–Trinajstić information content (AvgIpc) is 1.56. The van der Waals surface area contributed by atoms with Crippen molar-refractivity contribution in [1.29, 1.82) is 0 Å². The van der Waals surface area contributed by atoms with Crippen LogP contribution in [0.1, 0.15) is 127 Å². The molecule has 23 nitrogen and oxygen atoms in total. The molecule has 4 amide bonds. The van der Waals surface area contributed by atoms with Crippen LogP contribution in [0.2, 0.25) is 5.02 Å². The van der Waals surface area contributed by atoms with Gasteiger partial charge in [0.2, 0.25) is 29.8 Å². The molecule has 5 aliphatic carbocycles. The molecule has 8 aromatic heterocycles. The van der Waals surface area contributed by atoms with Gasteiger partial charge < -0.3 is 56.7 Å².